The van der Waals surface area contributed by atoms with E-state index < -0.39 is 5.97 Å². The molecule has 0 saturated heterocycles. The third-order valence-electron chi connectivity index (χ3n) is 2.92. The van der Waals surface area contributed by atoms with Crippen molar-refractivity contribution in [2.75, 3.05) is 12.4 Å². The predicted octanol–water partition coefficient (Wildman–Crippen LogP) is 4.21. The summed E-state index contributed by atoms with van der Waals surface area (Å²) in [5.74, 6) is -0.183. The van der Waals surface area contributed by atoms with Crippen LogP contribution in [0, 0.1) is 6.92 Å². The summed E-state index contributed by atoms with van der Waals surface area (Å²) in [6.45, 7) is 1.86. The van der Waals surface area contributed by atoms with Gasteiger partial charge in [0.2, 0.25) is 0 Å². The van der Waals surface area contributed by atoms with Gasteiger partial charge in [-0.25, -0.2) is 4.79 Å². The van der Waals surface area contributed by atoms with Crippen LogP contribution in [0.25, 0.3) is 0 Å². The van der Waals surface area contributed by atoms with Crippen molar-refractivity contribution in [3.8, 4) is 5.75 Å². The summed E-state index contributed by atoms with van der Waals surface area (Å²) < 4.78 is 6.09. The molecule has 0 aliphatic carbocycles. The Hall–Kier alpha value is -2.01. The summed E-state index contributed by atoms with van der Waals surface area (Å²) in [5, 5.41) is 12.2. The van der Waals surface area contributed by atoms with E-state index in [2.05, 4.69) is 21.2 Å². The van der Waals surface area contributed by atoms with Crippen LogP contribution in [0.2, 0.25) is 0 Å². The fourth-order valence-electron chi connectivity index (χ4n) is 1.81. The van der Waals surface area contributed by atoms with E-state index in [0.29, 0.717) is 0 Å². The van der Waals surface area contributed by atoms with Gasteiger partial charge in [-0.2, -0.15) is 0 Å². The van der Waals surface area contributed by atoms with Gasteiger partial charge in [0.05, 0.1) is 18.4 Å². The van der Waals surface area contributed by atoms with Gasteiger partial charge in [-0.05, 0) is 58.7 Å². The molecule has 0 saturated carbocycles. The number of anilines is 2. The lowest BCUT2D eigenvalue weighted by Crippen LogP contribution is -2.00. The number of methoxy groups -OCH3 is 1. The summed E-state index contributed by atoms with van der Waals surface area (Å²) in [5.41, 5.74) is 2.84. The van der Waals surface area contributed by atoms with Gasteiger partial charge in [-0.3, -0.25) is 0 Å². The van der Waals surface area contributed by atoms with Crippen molar-refractivity contribution in [1.82, 2.24) is 0 Å². The monoisotopic (exact) mass is 335 g/mol. The van der Waals surface area contributed by atoms with Crippen LogP contribution in [0.3, 0.4) is 0 Å². The predicted molar refractivity (Wildman–Crippen MR) is 82.1 cm³/mol. The molecular weight excluding hydrogens is 322 g/mol. The Balaban J connectivity index is 2.32. The lowest BCUT2D eigenvalue weighted by molar-refractivity contribution is 0.0697. The van der Waals surface area contributed by atoms with Crippen molar-refractivity contribution in [1.29, 1.82) is 0 Å². The van der Waals surface area contributed by atoms with E-state index in [1.165, 1.54) is 0 Å². The maximum atomic E-state index is 10.9. The highest BCUT2D eigenvalue weighted by Gasteiger charge is 2.08. The standard InChI is InChI=1S/C15H14BrNO3/c1-9-7-10(15(18)19)3-6-13(9)17-14-8-11(20-2)4-5-12(14)16/h3-8,17H,1-2H3,(H,18,19). The van der Waals surface area contributed by atoms with Crippen LogP contribution >= 0.6 is 15.9 Å². The van der Waals surface area contributed by atoms with Crippen LogP contribution in [0.15, 0.2) is 40.9 Å². The SMILES string of the molecule is COc1ccc(Br)c(Nc2ccc(C(=O)O)cc2C)c1. The van der Waals surface area contributed by atoms with Crippen LogP contribution < -0.4 is 10.1 Å². The van der Waals surface area contributed by atoms with Gasteiger partial charge in [0.1, 0.15) is 5.75 Å². The summed E-state index contributed by atoms with van der Waals surface area (Å²) in [7, 11) is 1.61. The molecule has 20 heavy (non-hydrogen) atoms. The molecule has 0 aromatic heterocycles. The minimum absolute atomic E-state index is 0.276. The van der Waals surface area contributed by atoms with E-state index in [1.807, 2.05) is 25.1 Å². The summed E-state index contributed by atoms with van der Waals surface area (Å²) in [4.78, 5) is 10.9. The molecule has 0 unspecified atom stereocenters. The fourth-order valence-corrected chi connectivity index (χ4v) is 2.15. The number of ether oxygens (including phenoxy) is 1. The van der Waals surface area contributed by atoms with E-state index in [1.54, 1.807) is 25.3 Å². The fraction of sp³-hybridized carbons (Fsp3) is 0.133. The van der Waals surface area contributed by atoms with Crippen molar-refractivity contribution in [2.45, 2.75) is 6.92 Å². The average Bonchev–Trinajstić information content (AvgIpc) is 2.43. The Morgan fingerprint density at radius 2 is 1.95 bits per heavy atom. The number of aromatic carboxylic acids is 1. The van der Waals surface area contributed by atoms with Gasteiger partial charge in [0.25, 0.3) is 0 Å². The molecule has 0 radical (unpaired) electrons. The maximum Gasteiger partial charge on any atom is 0.335 e. The zero-order valence-corrected chi connectivity index (χ0v) is 12.7. The van der Waals surface area contributed by atoms with Gasteiger partial charge in [-0.1, -0.05) is 0 Å². The van der Waals surface area contributed by atoms with Gasteiger partial charge in [-0.15, -0.1) is 0 Å². The number of benzene rings is 2. The topological polar surface area (TPSA) is 58.6 Å². The molecule has 2 rings (SSSR count). The number of nitrogens with one attached hydrogen (secondary N) is 1. The third-order valence-corrected chi connectivity index (χ3v) is 3.61. The van der Waals surface area contributed by atoms with Gasteiger partial charge >= 0.3 is 5.97 Å². The number of hydrogen-bond donors (Lipinski definition) is 2. The van der Waals surface area contributed by atoms with Crippen molar-refractivity contribution in [3.05, 3.63) is 52.0 Å². The van der Waals surface area contributed by atoms with Crippen LogP contribution in [-0.2, 0) is 0 Å². The number of carboxylic acid groups (broad SMARTS) is 1. The Bertz CT molecular complexity index is 656. The summed E-state index contributed by atoms with van der Waals surface area (Å²) >= 11 is 3.47. The maximum absolute atomic E-state index is 10.9. The lowest BCUT2D eigenvalue weighted by Gasteiger charge is -2.13. The Labute approximate surface area is 125 Å². The zero-order chi connectivity index (χ0) is 14.7. The van der Waals surface area contributed by atoms with Crippen LogP contribution in [-0.4, -0.2) is 18.2 Å². The first-order valence-electron chi connectivity index (χ1n) is 5.96. The first-order valence-corrected chi connectivity index (χ1v) is 6.75. The molecule has 0 fully saturated rings. The molecule has 0 bridgehead atoms. The van der Waals surface area contributed by atoms with E-state index in [-0.39, 0.29) is 5.56 Å². The van der Waals surface area contributed by atoms with Gasteiger partial charge in [0.15, 0.2) is 0 Å². The smallest absolute Gasteiger partial charge is 0.335 e. The molecule has 2 N–H and O–H groups in total. The zero-order valence-electron chi connectivity index (χ0n) is 11.1. The molecule has 0 amide bonds. The molecule has 104 valence electrons. The first kappa shape index (κ1) is 14.4. The molecule has 0 aliphatic rings. The minimum Gasteiger partial charge on any atom is -0.497 e. The summed E-state index contributed by atoms with van der Waals surface area (Å²) in [6, 6.07) is 10.6. The van der Waals surface area contributed by atoms with E-state index in [4.69, 9.17) is 9.84 Å². The second kappa shape index (κ2) is 5.96. The van der Waals surface area contributed by atoms with E-state index in [9.17, 15) is 4.79 Å². The molecule has 0 heterocycles. The van der Waals surface area contributed by atoms with Crippen molar-refractivity contribution in [2.24, 2.45) is 0 Å². The number of halogens is 1. The number of carbonyl (C=O) groups is 1. The highest BCUT2D eigenvalue weighted by Crippen LogP contribution is 2.31. The summed E-state index contributed by atoms with van der Waals surface area (Å²) in [6.07, 6.45) is 0. The molecule has 2 aromatic rings. The van der Waals surface area contributed by atoms with E-state index >= 15 is 0 Å². The number of hydrogen-bond acceptors (Lipinski definition) is 3. The van der Waals surface area contributed by atoms with Crippen LogP contribution in [0.5, 0.6) is 5.75 Å². The van der Waals surface area contributed by atoms with Crippen LogP contribution in [0.1, 0.15) is 15.9 Å². The molecule has 5 heteroatoms. The second-order valence-corrected chi connectivity index (χ2v) is 5.16. The normalized spacial score (nSPS) is 10.2. The van der Waals surface area contributed by atoms with Crippen molar-refractivity contribution >= 4 is 33.3 Å². The molecule has 2 aromatic carbocycles. The molecule has 0 aliphatic heterocycles. The number of rotatable bonds is 4. The third kappa shape index (κ3) is 3.11. The highest BCUT2D eigenvalue weighted by atomic mass is 79.9. The van der Waals surface area contributed by atoms with Crippen molar-refractivity contribution < 1.29 is 14.6 Å². The molecule has 4 nitrogen and oxygen atoms in total. The quantitative estimate of drug-likeness (QED) is 0.878. The average molecular weight is 336 g/mol. The van der Waals surface area contributed by atoms with Gasteiger partial charge < -0.3 is 15.2 Å². The Morgan fingerprint density at radius 3 is 2.55 bits per heavy atom. The largest absolute Gasteiger partial charge is 0.497 e. The second-order valence-electron chi connectivity index (χ2n) is 4.31. The first-order chi connectivity index (χ1) is 9.51. The molecule has 0 spiro atoms. The minimum atomic E-state index is -0.929. The highest BCUT2D eigenvalue weighted by molar-refractivity contribution is 9.10. The number of aryl methyl sites for hydroxylation is 1. The Morgan fingerprint density at radius 1 is 1.20 bits per heavy atom. The van der Waals surface area contributed by atoms with Crippen molar-refractivity contribution in [3.63, 3.8) is 0 Å². The molecule has 0 atom stereocenters. The van der Waals surface area contributed by atoms with E-state index in [0.717, 1.165) is 27.2 Å². The number of carboxylic acids is 1. The van der Waals surface area contributed by atoms with Crippen LogP contribution in [0.4, 0.5) is 11.4 Å². The Kier molecular flexibility index (Phi) is 4.29. The molecular formula is C15H14BrNO3. The van der Waals surface area contributed by atoms with Gasteiger partial charge in [0, 0.05) is 16.2 Å². The lowest BCUT2D eigenvalue weighted by atomic mass is 10.1.